The summed E-state index contributed by atoms with van der Waals surface area (Å²) in [6.07, 6.45) is 1.55. The van der Waals surface area contributed by atoms with Gasteiger partial charge in [-0.2, -0.15) is 0 Å². The van der Waals surface area contributed by atoms with Gasteiger partial charge in [0.25, 0.3) is 0 Å². The van der Waals surface area contributed by atoms with E-state index < -0.39 is 15.8 Å². The Hall–Kier alpha value is -2.23. The second kappa shape index (κ2) is 6.95. The molecule has 0 aliphatic rings. The van der Waals surface area contributed by atoms with E-state index in [0.29, 0.717) is 16.5 Å². The highest BCUT2D eigenvalue weighted by molar-refractivity contribution is 7.89. The minimum atomic E-state index is -3.94. The van der Waals surface area contributed by atoms with Crippen molar-refractivity contribution in [3.8, 4) is 16.5 Å². The van der Waals surface area contributed by atoms with Crippen LogP contribution in [0.3, 0.4) is 0 Å². The fourth-order valence-electron chi connectivity index (χ4n) is 2.20. The number of nitrogens with zero attached hydrogens (tertiary/aromatic N) is 1. The van der Waals surface area contributed by atoms with Crippen LogP contribution in [0.4, 0.5) is 4.39 Å². The van der Waals surface area contributed by atoms with Crippen molar-refractivity contribution < 1.29 is 22.0 Å². The Labute approximate surface area is 148 Å². The molecule has 0 amide bonds. The second-order valence-electron chi connectivity index (χ2n) is 5.12. The Bertz CT molecular complexity index is 982. The van der Waals surface area contributed by atoms with Crippen molar-refractivity contribution in [2.24, 2.45) is 0 Å². The maximum Gasteiger partial charge on any atom is 0.244 e. The molecule has 0 saturated heterocycles. The summed E-state index contributed by atoms with van der Waals surface area (Å²) in [4.78, 5) is 4.87. The van der Waals surface area contributed by atoms with Gasteiger partial charge in [0.15, 0.2) is 10.8 Å². The third kappa shape index (κ3) is 3.73. The predicted molar refractivity (Wildman–Crippen MR) is 91.5 cm³/mol. The summed E-state index contributed by atoms with van der Waals surface area (Å²) in [6.45, 7) is 1.82. The molecule has 3 aromatic rings. The molecule has 0 spiro atoms. The Morgan fingerprint density at radius 3 is 2.84 bits per heavy atom. The summed E-state index contributed by atoms with van der Waals surface area (Å²) < 4.78 is 51.2. The Morgan fingerprint density at radius 2 is 2.16 bits per heavy atom. The molecular weight excluding hydrogens is 367 g/mol. The SMILES string of the molecule is COc1ccc(F)cc1S(=O)(=O)NCc1sc(-c2ccco2)nc1C. The van der Waals surface area contributed by atoms with Crippen LogP contribution in [0.25, 0.3) is 10.8 Å². The molecule has 0 aliphatic carbocycles. The first-order chi connectivity index (χ1) is 11.9. The third-order valence-electron chi connectivity index (χ3n) is 3.46. The van der Waals surface area contributed by atoms with Gasteiger partial charge in [-0.15, -0.1) is 11.3 Å². The van der Waals surface area contributed by atoms with Gasteiger partial charge in [0.1, 0.15) is 16.5 Å². The average molecular weight is 382 g/mol. The largest absolute Gasteiger partial charge is 0.495 e. The number of sulfonamides is 1. The van der Waals surface area contributed by atoms with Crippen molar-refractivity contribution in [2.75, 3.05) is 7.11 Å². The van der Waals surface area contributed by atoms with E-state index in [0.717, 1.165) is 17.0 Å². The Morgan fingerprint density at radius 1 is 1.36 bits per heavy atom. The number of hydrogen-bond donors (Lipinski definition) is 1. The van der Waals surface area contributed by atoms with Gasteiger partial charge in [0, 0.05) is 11.4 Å². The van der Waals surface area contributed by atoms with Gasteiger partial charge in [0.05, 0.1) is 19.1 Å². The lowest BCUT2D eigenvalue weighted by Gasteiger charge is -2.10. The zero-order chi connectivity index (χ0) is 18.0. The van der Waals surface area contributed by atoms with Crippen molar-refractivity contribution in [1.82, 2.24) is 9.71 Å². The molecule has 9 heteroatoms. The zero-order valence-electron chi connectivity index (χ0n) is 13.4. The van der Waals surface area contributed by atoms with E-state index in [2.05, 4.69) is 9.71 Å². The van der Waals surface area contributed by atoms with E-state index in [9.17, 15) is 12.8 Å². The van der Waals surface area contributed by atoms with Crippen molar-refractivity contribution in [2.45, 2.75) is 18.4 Å². The Balaban J connectivity index is 1.83. The molecule has 0 aliphatic heterocycles. The molecule has 132 valence electrons. The zero-order valence-corrected chi connectivity index (χ0v) is 15.1. The van der Waals surface area contributed by atoms with Crippen molar-refractivity contribution >= 4 is 21.4 Å². The quantitative estimate of drug-likeness (QED) is 0.707. The summed E-state index contributed by atoms with van der Waals surface area (Å²) >= 11 is 1.33. The fraction of sp³-hybridized carbons (Fsp3) is 0.188. The van der Waals surface area contributed by atoms with Crippen LogP contribution in [-0.2, 0) is 16.6 Å². The molecule has 25 heavy (non-hydrogen) atoms. The van der Waals surface area contributed by atoms with E-state index in [4.69, 9.17) is 9.15 Å². The smallest absolute Gasteiger partial charge is 0.244 e. The number of hydrogen-bond acceptors (Lipinski definition) is 6. The molecule has 0 fully saturated rings. The van der Waals surface area contributed by atoms with Gasteiger partial charge in [-0.1, -0.05) is 0 Å². The second-order valence-corrected chi connectivity index (χ2v) is 7.94. The topological polar surface area (TPSA) is 81.4 Å². The number of benzene rings is 1. The number of aryl methyl sites for hydroxylation is 1. The van der Waals surface area contributed by atoms with Crippen molar-refractivity contribution in [1.29, 1.82) is 0 Å². The van der Waals surface area contributed by atoms with Gasteiger partial charge in [-0.3, -0.25) is 0 Å². The molecule has 3 rings (SSSR count). The monoisotopic (exact) mass is 382 g/mol. The Kier molecular flexibility index (Phi) is 4.89. The lowest BCUT2D eigenvalue weighted by atomic mass is 10.3. The number of aromatic nitrogens is 1. The predicted octanol–water partition coefficient (Wildman–Crippen LogP) is 3.34. The van der Waals surface area contributed by atoms with Gasteiger partial charge >= 0.3 is 0 Å². The highest BCUT2D eigenvalue weighted by atomic mass is 32.2. The van der Waals surface area contributed by atoms with Crippen LogP contribution in [0.2, 0.25) is 0 Å². The van der Waals surface area contributed by atoms with Gasteiger partial charge in [-0.05, 0) is 37.3 Å². The maximum atomic E-state index is 13.4. The number of methoxy groups -OCH3 is 1. The molecule has 0 saturated carbocycles. The van der Waals surface area contributed by atoms with Crippen LogP contribution in [-0.4, -0.2) is 20.5 Å². The first kappa shape index (κ1) is 17.6. The molecule has 6 nitrogen and oxygen atoms in total. The van der Waals surface area contributed by atoms with E-state index >= 15 is 0 Å². The van der Waals surface area contributed by atoms with Gasteiger partial charge in [0.2, 0.25) is 10.0 Å². The summed E-state index contributed by atoms with van der Waals surface area (Å²) in [6, 6.07) is 6.88. The normalized spacial score (nSPS) is 11.6. The number of furan rings is 1. The van der Waals surface area contributed by atoms with Gasteiger partial charge < -0.3 is 9.15 Å². The minimum absolute atomic E-state index is 0.0339. The molecule has 0 atom stereocenters. The fourth-order valence-corrected chi connectivity index (χ4v) is 4.43. The number of rotatable bonds is 6. The molecule has 2 heterocycles. The van der Waals surface area contributed by atoms with E-state index in [1.807, 2.05) is 0 Å². The maximum absolute atomic E-state index is 13.4. The highest BCUT2D eigenvalue weighted by Gasteiger charge is 2.21. The number of ether oxygens (including phenoxy) is 1. The van der Waals surface area contributed by atoms with Crippen LogP contribution < -0.4 is 9.46 Å². The minimum Gasteiger partial charge on any atom is -0.495 e. The molecule has 1 N–H and O–H groups in total. The molecule has 0 radical (unpaired) electrons. The van der Waals surface area contributed by atoms with E-state index in [1.54, 1.807) is 25.3 Å². The van der Waals surface area contributed by atoms with E-state index in [1.165, 1.54) is 24.5 Å². The molecule has 2 aromatic heterocycles. The molecule has 0 bridgehead atoms. The van der Waals surface area contributed by atoms with Crippen molar-refractivity contribution in [3.05, 3.63) is 53.0 Å². The third-order valence-corrected chi connectivity index (χ3v) is 6.06. The first-order valence-corrected chi connectivity index (χ1v) is 9.54. The highest BCUT2D eigenvalue weighted by Crippen LogP contribution is 2.29. The van der Waals surface area contributed by atoms with Gasteiger partial charge in [-0.25, -0.2) is 22.5 Å². The lowest BCUT2D eigenvalue weighted by molar-refractivity contribution is 0.400. The first-order valence-electron chi connectivity index (χ1n) is 7.24. The summed E-state index contributed by atoms with van der Waals surface area (Å²) in [7, 11) is -2.62. The van der Waals surface area contributed by atoms with Crippen LogP contribution in [0.15, 0.2) is 45.9 Å². The summed E-state index contributed by atoms with van der Waals surface area (Å²) in [5.74, 6) is 0.0375. The number of nitrogens with one attached hydrogen (secondary N) is 1. The van der Waals surface area contributed by atoms with Crippen LogP contribution in [0.1, 0.15) is 10.6 Å². The molecular formula is C16H15FN2O4S2. The van der Waals surface area contributed by atoms with Crippen LogP contribution in [0, 0.1) is 12.7 Å². The average Bonchev–Trinajstić information content (AvgIpc) is 3.22. The van der Waals surface area contributed by atoms with E-state index in [-0.39, 0.29) is 17.2 Å². The molecule has 1 aromatic carbocycles. The van der Waals surface area contributed by atoms with Crippen molar-refractivity contribution in [3.63, 3.8) is 0 Å². The molecule has 0 unspecified atom stereocenters. The number of halogens is 1. The summed E-state index contributed by atoms with van der Waals surface area (Å²) in [5, 5.41) is 0.667. The number of thiazole rings is 1. The standard InChI is InChI=1S/C16H15FN2O4S2/c1-10-14(24-16(19-10)13-4-3-7-23-13)9-18-25(20,21)15-8-11(17)5-6-12(15)22-2/h3-8,18H,9H2,1-2H3. The van der Waals surface area contributed by atoms with Crippen LogP contribution >= 0.6 is 11.3 Å². The lowest BCUT2D eigenvalue weighted by Crippen LogP contribution is -2.23. The van der Waals surface area contributed by atoms with Crippen LogP contribution in [0.5, 0.6) is 5.75 Å². The summed E-state index contributed by atoms with van der Waals surface area (Å²) in [5.41, 5.74) is 0.699.